The standard InChI is InChI=1S/C10H21N3O2/c1-2-4-9(10(14)13-11)12-7-8-5-3-6-15-8/h8-9,12H,2-7,11H2,1H3,(H,13,14)/t8-,9+/m1/s1. The van der Waals surface area contributed by atoms with Crippen molar-refractivity contribution in [1.29, 1.82) is 0 Å². The molecule has 4 N–H and O–H groups in total. The molecule has 0 saturated carbocycles. The first kappa shape index (κ1) is 12.4. The lowest BCUT2D eigenvalue weighted by Crippen LogP contribution is -2.48. The average Bonchev–Trinajstić information content (AvgIpc) is 2.76. The fourth-order valence-corrected chi connectivity index (χ4v) is 1.79. The van der Waals surface area contributed by atoms with Crippen LogP contribution in [0, 0.1) is 0 Å². The molecule has 1 aliphatic heterocycles. The van der Waals surface area contributed by atoms with Gasteiger partial charge in [0.05, 0.1) is 12.1 Å². The Morgan fingerprint density at radius 3 is 3.00 bits per heavy atom. The Kier molecular flexibility index (Phi) is 5.60. The van der Waals surface area contributed by atoms with Gasteiger partial charge in [0.2, 0.25) is 0 Å². The van der Waals surface area contributed by atoms with Crippen LogP contribution < -0.4 is 16.6 Å². The Bertz CT molecular complexity index is 193. The van der Waals surface area contributed by atoms with E-state index in [9.17, 15) is 4.79 Å². The lowest BCUT2D eigenvalue weighted by atomic mass is 10.1. The molecule has 0 radical (unpaired) electrons. The molecule has 2 atom stereocenters. The summed E-state index contributed by atoms with van der Waals surface area (Å²) in [6, 6.07) is -0.191. The van der Waals surface area contributed by atoms with Crippen LogP contribution >= 0.6 is 0 Å². The number of amides is 1. The van der Waals surface area contributed by atoms with Crippen molar-refractivity contribution < 1.29 is 9.53 Å². The van der Waals surface area contributed by atoms with Gasteiger partial charge in [-0.2, -0.15) is 0 Å². The van der Waals surface area contributed by atoms with Gasteiger partial charge in [-0.05, 0) is 19.3 Å². The molecule has 0 aromatic rings. The first-order valence-electron chi connectivity index (χ1n) is 5.63. The molecule has 0 aromatic heterocycles. The van der Waals surface area contributed by atoms with Crippen molar-refractivity contribution in [2.24, 2.45) is 5.84 Å². The molecule has 1 heterocycles. The van der Waals surface area contributed by atoms with Gasteiger partial charge in [0, 0.05) is 13.2 Å². The molecular weight excluding hydrogens is 194 g/mol. The number of rotatable bonds is 6. The zero-order valence-corrected chi connectivity index (χ0v) is 9.29. The number of carbonyl (C=O) groups is 1. The Morgan fingerprint density at radius 1 is 1.67 bits per heavy atom. The van der Waals surface area contributed by atoms with Gasteiger partial charge in [-0.1, -0.05) is 13.3 Å². The molecule has 1 aliphatic rings. The molecule has 1 amide bonds. The van der Waals surface area contributed by atoms with Crippen molar-refractivity contribution in [3.05, 3.63) is 0 Å². The number of nitrogens with two attached hydrogens (primary N) is 1. The van der Waals surface area contributed by atoms with E-state index in [0.717, 1.165) is 38.8 Å². The smallest absolute Gasteiger partial charge is 0.251 e. The fourth-order valence-electron chi connectivity index (χ4n) is 1.79. The maximum absolute atomic E-state index is 11.4. The highest BCUT2D eigenvalue weighted by atomic mass is 16.5. The molecule has 0 aliphatic carbocycles. The predicted octanol–water partition coefficient (Wildman–Crippen LogP) is -0.0864. The van der Waals surface area contributed by atoms with Gasteiger partial charge >= 0.3 is 0 Å². The van der Waals surface area contributed by atoms with E-state index in [4.69, 9.17) is 10.6 Å². The zero-order valence-electron chi connectivity index (χ0n) is 9.29. The zero-order chi connectivity index (χ0) is 11.1. The number of hydrogen-bond donors (Lipinski definition) is 3. The Hall–Kier alpha value is -0.650. The topological polar surface area (TPSA) is 76.4 Å². The van der Waals surface area contributed by atoms with Crippen LogP contribution in [0.2, 0.25) is 0 Å². The van der Waals surface area contributed by atoms with E-state index in [1.807, 2.05) is 6.92 Å². The Labute approximate surface area is 90.7 Å². The van der Waals surface area contributed by atoms with E-state index in [0.29, 0.717) is 0 Å². The molecule has 1 rings (SSSR count). The maximum Gasteiger partial charge on any atom is 0.251 e. The molecule has 0 aromatic carbocycles. The third-order valence-corrected chi connectivity index (χ3v) is 2.65. The highest BCUT2D eigenvalue weighted by Crippen LogP contribution is 2.11. The number of carbonyl (C=O) groups excluding carboxylic acids is 1. The second kappa shape index (κ2) is 6.76. The first-order valence-corrected chi connectivity index (χ1v) is 5.63. The predicted molar refractivity (Wildman–Crippen MR) is 58.0 cm³/mol. The maximum atomic E-state index is 11.4. The van der Waals surface area contributed by atoms with Crippen molar-refractivity contribution in [3.8, 4) is 0 Å². The SMILES string of the molecule is CCC[C@H](NC[C@H]1CCCO1)C(=O)NN. The summed E-state index contributed by atoms with van der Waals surface area (Å²) in [6.07, 6.45) is 4.21. The van der Waals surface area contributed by atoms with E-state index in [2.05, 4.69) is 10.7 Å². The first-order chi connectivity index (χ1) is 7.27. The lowest BCUT2D eigenvalue weighted by molar-refractivity contribution is -0.123. The van der Waals surface area contributed by atoms with Gasteiger partial charge < -0.3 is 10.1 Å². The fraction of sp³-hybridized carbons (Fsp3) is 0.900. The van der Waals surface area contributed by atoms with Crippen molar-refractivity contribution in [1.82, 2.24) is 10.7 Å². The second-order valence-corrected chi connectivity index (χ2v) is 3.89. The van der Waals surface area contributed by atoms with Crippen LogP contribution in [0.1, 0.15) is 32.6 Å². The molecule has 88 valence electrons. The molecule has 0 bridgehead atoms. The third-order valence-electron chi connectivity index (χ3n) is 2.65. The van der Waals surface area contributed by atoms with Gasteiger partial charge in [-0.3, -0.25) is 10.2 Å². The van der Waals surface area contributed by atoms with Gasteiger partial charge in [0.25, 0.3) is 5.91 Å². The van der Waals surface area contributed by atoms with Crippen LogP contribution in [0.5, 0.6) is 0 Å². The lowest BCUT2D eigenvalue weighted by Gasteiger charge is -2.18. The summed E-state index contributed by atoms with van der Waals surface area (Å²) >= 11 is 0. The molecule has 0 spiro atoms. The van der Waals surface area contributed by atoms with Gasteiger partial charge in [-0.15, -0.1) is 0 Å². The summed E-state index contributed by atoms with van der Waals surface area (Å²) in [6.45, 7) is 3.62. The summed E-state index contributed by atoms with van der Waals surface area (Å²) in [5, 5.41) is 3.20. The van der Waals surface area contributed by atoms with Crippen LogP contribution in [0.15, 0.2) is 0 Å². The van der Waals surface area contributed by atoms with Crippen LogP contribution in [0.25, 0.3) is 0 Å². The minimum atomic E-state index is -0.191. The molecule has 5 nitrogen and oxygen atoms in total. The quantitative estimate of drug-likeness (QED) is 0.329. The van der Waals surface area contributed by atoms with E-state index < -0.39 is 0 Å². The van der Waals surface area contributed by atoms with Crippen molar-refractivity contribution in [2.45, 2.75) is 44.8 Å². The third kappa shape index (κ3) is 4.15. The van der Waals surface area contributed by atoms with E-state index in [-0.39, 0.29) is 18.1 Å². The molecular formula is C10H21N3O2. The van der Waals surface area contributed by atoms with Gasteiger partial charge in [-0.25, -0.2) is 5.84 Å². The number of ether oxygens (including phenoxy) is 1. The van der Waals surface area contributed by atoms with E-state index in [1.165, 1.54) is 0 Å². The normalized spacial score (nSPS) is 22.7. The Morgan fingerprint density at radius 2 is 2.47 bits per heavy atom. The highest BCUT2D eigenvalue weighted by molar-refractivity contribution is 5.81. The van der Waals surface area contributed by atoms with E-state index in [1.54, 1.807) is 0 Å². The Balaban J connectivity index is 2.26. The molecule has 1 fully saturated rings. The van der Waals surface area contributed by atoms with E-state index >= 15 is 0 Å². The van der Waals surface area contributed by atoms with Crippen molar-refractivity contribution >= 4 is 5.91 Å². The van der Waals surface area contributed by atoms with Crippen LogP contribution in [-0.4, -0.2) is 31.2 Å². The number of nitrogens with one attached hydrogen (secondary N) is 2. The van der Waals surface area contributed by atoms with Crippen molar-refractivity contribution in [2.75, 3.05) is 13.2 Å². The summed E-state index contributed by atoms with van der Waals surface area (Å²) in [7, 11) is 0. The minimum Gasteiger partial charge on any atom is -0.377 e. The summed E-state index contributed by atoms with van der Waals surface area (Å²) in [5.41, 5.74) is 2.18. The van der Waals surface area contributed by atoms with Gasteiger partial charge in [0.15, 0.2) is 0 Å². The highest BCUT2D eigenvalue weighted by Gasteiger charge is 2.20. The second-order valence-electron chi connectivity index (χ2n) is 3.89. The number of hydrogen-bond acceptors (Lipinski definition) is 4. The molecule has 15 heavy (non-hydrogen) atoms. The number of hydrazine groups is 1. The summed E-state index contributed by atoms with van der Waals surface area (Å²) < 4.78 is 5.47. The molecule has 5 heteroatoms. The summed E-state index contributed by atoms with van der Waals surface area (Å²) in [4.78, 5) is 11.4. The van der Waals surface area contributed by atoms with Gasteiger partial charge in [0.1, 0.15) is 0 Å². The van der Waals surface area contributed by atoms with Crippen molar-refractivity contribution in [3.63, 3.8) is 0 Å². The summed E-state index contributed by atoms with van der Waals surface area (Å²) in [5.74, 6) is 4.97. The molecule has 0 unspecified atom stereocenters. The van der Waals surface area contributed by atoms with Crippen LogP contribution in [0.4, 0.5) is 0 Å². The minimum absolute atomic E-state index is 0.144. The largest absolute Gasteiger partial charge is 0.377 e. The molecule has 1 saturated heterocycles. The monoisotopic (exact) mass is 215 g/mol. The average molecular weight is 215 g/mol. The van der Waals surface area contributed by atoms with Crippen LogP contribution in [-0.2, 0) is 9.53 Å². The van der Waals surface area contributed by atoms with Crippen LogP contribution in [0.3, 0.4) is 0 Å².